The lowest BCUT2D eigenvalue weighted by Crippen LogP contribution is -2.21. The molecule has 1 N–H and O–H groups in total. The highest BCUT2D eigenvalue weighted by Gasteiger charge is 2.49. The van der Waals surface area contributed by atoms with Gasteiger partial charge in [0.2, 0.25) is 0 Å². The minimum Gasteiger partial charge on any atom is -0.373 e. The van der Waals surface area contributed by atoms with Crippen molar-refractivity contribution < 1.29 is 0 Å². The van der Waals surface area contributed by atoms with Gasteiger partial charge in [-0.1, -0.05) is 51.1 Å². The number of anilines is 1. The molecule has 3 nitrogen and oxygen atoms in total. The third kappa shape index (κ3) is 2.53. The lowest BCUT2D eigenvalue weighted by molar-refractivity contribution is 0.557. The molecule has 3 rings (SSSR count). The van der Waals surface area contributed by atoms with Crippen LogP contribution in [0.3, 0.4) is 0 Å². The Balaban J connectivity index is 2.11. The molecule has 0 unspecified atom stereocenters. The van der Waals surface area contributed by atoms with E-state index in [2.05, 4.69) is 62.5 Å². The summed E-state index contributed by atoms with van der Waals surface area (Å²) in [5.74, 6) is 1.87. The van der Waals surface area contributed by atoms with Crippen LogP contribution in [0.15, 0.2) is 36.4 Å². The van der Waals surface area contributed by atoms with E-state index in [1.807, 2.05) is 7.05 Å². The van der Waals surface area contributed by atoms with Gasteiger partial charge in [0.1, 0.15) is 11.6 Å². The van der Waals surface area contributed by atoms with Gasteiger partial charge in [-0.15, -0.1) is 0 Å². The molecule has 3 heteroatoms. The molecule has 1 aliphatic rings. The third-order valence-electron chi connectivity index (χ3n) is 4.26. The van der Waals surface area contributed by atoms with Gasteiger partial charge in [0.15, 0.2) is 0 Å². The number of nitrogens with zero attached hydrogens (tertiary/aromatic N) is 2. The molecular formula is C18H23N3. The highest BCUT2D eigenvalue weighted by molar-refractivity contribution is 5.44. The summed E-state index contributed by atoms with van der Waals surface area (Å²) in [6, 6.07) is 12.7. The minimum absolute atomic E-state index is 0.0219. The number of hydrogen-bond donors (Lipinski definition) is 1. The number of hydrogen-bond acceptors (Lipinski definition) is 3. The second kappa shape index (κ2) is 4.83. The summed E-state index contributed by atoms with van der Waals surface area (Å²) < 4.78 is 0. The van der Waals surface area contributed by atoms with Crippen LogP contribution >= 0.6 is 0 Å². The quantitative estimate of drug-likeness (QED) is 0.927. The number of nitrogens with one attached hydrogen (secondary N) is 1. The van der Waals surface area contributed by atoms with Crippen LogP contribution in [-0.2, 0) is 10.8 Å². The minimum atomic E-state index is 0.0219. The number of rotatable bonds is 3. The van der Waals surface area contributed by atoms with Crippen LogP contribution < -0.4 is 5.32 Å². The van der Waals surface area contributed by atoms with Gasteiger partial charge in [-0.3, -0.25) is 0 Å². The average Bonchev–Trinajstić information content (AvgIpc) is 3.28. The standard InChI is InChI=1S/C18H23N3/c1-17(2,3)14-12-15(19-4)21-16(20-14)18(10-11-18)13-8-6-5-7-9-13/h5-9,12H,10-11H2,1-4H3,(H,19,20,21). The topological polar surface area (TPSA) is 37.8 Å². The monoisotopic (exact) mass is 281 g/mol. The molecule has 1 aromatic heterocycles. The average molecular weight is 281 g/mol. The van der Waals surface area contributed by atoms with Gasteiger partial charge in [-0.05, 0) is 18.4 Å². The van der Waals surface area contributed by atoms with Crippen LogP contribution in [0.5, 0.6) is 0 Å². The maximum absolute atomic E-state index is 4.91. The first-order valence-corrected chi connectivity index (χ1v) is 7.59. The Morgan fingerprint density at radius 1 is 1.05 bits per heavy atom. The second-order valence-electron chi connectivity index (χ2n) is 6.91. The fourth-order valence-corrected chi connectivity index (χ4v) is 2.70. The Labute approximate surface area is 126 Å². The van der Waals surface area contributed by atoms with Gasteiger partial charge in [-0.2, -0.15) is 0 Å². The first kappa shape index (κ1) is 14.1. The normalized spacial score (nSPS) is 16.6. The van der Waals surface area contributed by atoms with Crippen LogP contribution in [-0.4, -0.2) is 17.0 Å². The van der Waals surface area contributed by atoms with Gasteiger partial charge >= 0.3 is 0 Å². The largest absolute Gasteiger partial charge is 0.373 e. The molecule has 0 saturated heterocycles. The van der Waals surface area contributed by atoms with Gasteiger partial charge in [-0.25, -0.2) is 9.97 Å². The highest BCUT2D eigenvalue weighted by Crippen LogP contribution is 2.52. The Kier molecular flexibility index (Phi) is 3.23. The van der Waals surface area contributed by atoms with E-state index in [1.54, 1.807) is 0 Å². The van der Waals surface area contributed by atoms with Gasteiger partial charge in [0, 0.05) is 18.5 Å². The van der Waals surface area contributed by atoms with Crippen LogP contribution in [0.25, 0.3) is 0 Å². The molecule has 1 fully saturated rings. The van der Waals surface area contributed by atoms with Crippen LogP contribution in [0, 0.1) is 0 Å². The molecule has 0 bridgehead atoms. The molecule has 1 heterocycles. The first-order valence-electron chi connectivity index (χ1n) is 7.59. The summed E-state index contributed by atoms with van der Waals surface area (Å²) in [6.07, 6.45) is 2.27. The molecule has 0 amide bonds. The Morgan fingerprint density at radius 3 is 2.24 bits per heavy atom. The Morgan fingerprint density at radius 2 is 1.71 bits per heavy atom. The zero-order chi connectivity index (χ0) is 15.1. The summed E-state index contributed by atoms with van der Waals surface area (Å²) >= 11 is 0. The number of benzene rings is 1. The van der Waals surface area contributed by atoms with E-state index in [0.717, 1.165) is 30.2 Å². The molecular weight excluding hydrogens is 258 g/mol. The summed E-state index contributed by atoms with van der Waals surface area (Å²) in [5, 5.41) is 3.18. The van der Waals surface area contributed by atoms with Crippen molar-refractivity contribution in [2.45, 2.75) is 44.4 Å². The summed E-state index contributed by atoms with van der Waals surface area (Å²) in [6.45, 7) is 6.59. The van der Waals surface area contributed by atoms with E-state index in [1.165, 1.54) is 5.56 Å². The maximum Gasteiger partial charge on any atom is 0.141 e. The van der Waals surface area contributed by atoms with Crippen LogP contribution in [0.2, 0.25) is 0 Å². The predicted molar refractivity (Wildman–Crippen MR) is 86.7 cm³/mol. The fourth-order valence-electron chi connectivity index (χ4n) is 2.70. The summed E-state index contributed by atoms with van der Waals surface area (Å²) in [7, 11) is 1.92. The predicted octanol–water partition coefficient (Wildman–Crippen LogP) is 3.90. The summed E-state index contributed by atoms with van der Waals surface area (Å²) in [5.41, 5.74) is 2.47. The van der Waals surface area contributed by atoms with Crippen molar-refractivity contribution in [1.82, 2.24) is 9.97 Å². The molecule has 2 aromatic rings. The third-order valence-corrected chi connectivity index (χ3v) is 4.26. The summed E-state index contributed by atoms with van der Waals surface area (Å²) in [4.78, 5) is 9.67. The van der Waals surface area contributed by atoms with Crippen LogP contribution in [0.4, 0.5) is 5.82 Å². The molecule has 0 radical (unpaired) electrons. The Hall–Kier alpha value is -1.90. The molecule has 1 aliphatic carbocycles. The molecule has 0 aliphatic heterocycles. The smallest absolute Gasteiger partial charge is 0.141 e. The van der Waals surface area contributed by atoms with Gasteiger partial charge in [0.05, 0.1) is 11.1 Å². The van der Waals surface area contributed by atoms with Crippen molar-refractivity contribution in [2.75, 3.05) is 12.4 Å². The van der Waals surface area contributed by atoms with E-state index < -0.39 is 0 Å². The van der Waals surface area contributed by atoms with Crippen LogP contribution in [0.1, 0.15) is 50.7 Å². The van der Waals surface area contributed by atoms with Crippen molar-refractivity contribution in [1.29, 1.82) is 0 Å². The lowest BCUT2D eigenvalue weighted by Gasteiger charge is -2.22. The zero-order valence-corrected chi connectivity index (χ0v) is 13.3. The van der Waals surface area contributed by atoms with E-state index in [4.69, 9.17) is 9.97 Å². The van der Waals surface area contributed by atoms with Crippen molar-refractivity contribution in [3.8, 4) is 0 Å². The fraction of sp³-hybridized carbons (Fsp3) is 0.444. The van der Waals surface area contributed by atoms with Gasteiger partial charge in [0.25, 0.3) is 0 Å². The van der Waals surface area contributed by atoms with Gasteiger partial charge < -0.3 is 5.32 Å². The molecule has 21 heavy (non-hydrogen) atoms. The van der Waals surface area contributed by atoms with Crippen molar-refractivity contribution in [3.63, 3.8) is 0 Å². The highest BCUT2D eigenvalue weighted by atomic mass is 15.0. The molecule has 110 valence electrons. The number of aromatic nitrogens is 2. The van der Waals surface area contributed by atoms with Crippen molar-refractivity contribution in [3.05, 3.63) is 53.5 Å². The molecule has 0 atom stereocenters. The molecule has 1 aromatic carbocycles. The van der Waals surface area contributed by atoms with E-state index in [0.29, 0.717) is 0 Å². The van der Waals surface area contributed by atoms with E-state index in [9.17, 15) is 0 Å². The molecule has 0 spiro atoms. The van der Waals surface area contributed by atoms with E-state index >= 15 is 0 Å². The lowest BCUT2D eigenvalue weighted by atomic mass is 9.90. The SMILES string of the molecule is CNc1cc(C(C)(C)C)nc(C2(c3ccccc3)CC2)n1. The first-order chi connectivity index (χ1) is 9.95. The van der Waals surface area contributed by atoms with Crippen molar-refractivity contribution in [2.24, 2.45) is 0 Å². The second-order valence-corrected chi connectivity index (χ2v) is 6.91. The maximum atomic E-state index is 4.91. The molecule has 1 saturated carbocycles. The van der Waals surface area contributed by atoms with Crippen molar-refractivity contribution >= 4 is 5.82 Å². The zero-order valence-electron chi connectivity index (χ0n) is 13.3. The van der Waals surface area contributed by atoms with E-state index in [-0.39, 0.29) is 10.8 Å². The Bertz CT molecular complexity index is 637.